The number of nitrogens with zero attached hydrogens (tertiary/aromatic N) is 4. The second-order valence-corrected chi connectivity index (χ2v) is 8.89. The predicted octanol–water partition coefficient (Wildman–Crippen LogP) is 7.08. The van der Waals surface area contributed by atoms with Gasteiger partial charge < -0.3 is 19.5 Å². The van der Waals surface area contributed by atoms with Crippen LogP contribution < -0.4 is 14.4 Å². The molecule has 204 valence electrons. The molecule has 0 saturated carbocycles. The minimum Gasteiger partial charge on any atom is -0.496 e. The van der Waals surface area contributed by atoms with Crippen molar-refractivity contribution in [1.82, 2.24) is 0 Å². The van der Waals surface area contributed by atoms with Gasteiger partial charge in [-0.2, -0.15) is 15.8 Å². The van der Waals surface area contributed by atoms with E-state index in [4.69, 9.17) is 14.6 Å². The monoisotopic (exact) mass is 552 g/mol. The fourth-order valence-electron chi connectivity index (χ4n) is 4.35. The molecule has 0 atom stereocenters. The van der Waals surface area contributed by atoms with Gasteiger partial charge in [-0.05, 0) is 77.9 Å². The van der Waals surface area contributed by atoms with Gasteiger partial charge >= 0.3 is 5.97 Å². The summed E-state index contributed by atoms with van der Waals surface area (Å²) in [5.74, 6) is -0.647. The lowest BCUT2D eigenvalue weighted by Crippen LogP contribution is -2.10. The Labute approximate surface area is 243 Å². The van der Waals surface area contributed by atoms with Crippen molar-refractivity contribution in [1.29, 1.82) is 15.8 Å². The first-order valence-electron chi connectivity index (χ1n) is 12.6. The quantitative estimate of drug-likeness (QED) is 0.132. The van der Waals surface area contributed by atoms with Crippen LogP contribution in [0.25, 0.3) is 17.7 Å². The van der Waals surface area contributed by atoms with Gasteiger partial charge in [-0.3, -0.25) is 0 Å². The van der Waals surface area contributed by atoms with Crippen molar-refractivity contribution in [2.45, 2.75) is 0 Å². The topological polar surface area (TPSA) is 130 Å². The van der Waals surface area contributed by atoms with Crippen LogP contribution in [0.15, 0.2) is 91.0 Å². The first kappa shape index (κ1) is 28.7. The lowest BCUT2D eigenvalue weighted by atomic mass is 10.0. The number of carboxylic acid groups (broad SMARTS) is 1. The molecule has 0 fully saturated rings. The Bertz CT molecular complexity index is 1780. The smallest absolute Gasteiger partial charge is 0.329 e. The van der Waals surface area contributed by atoms with E-state index in [-0.39, 0.29) is 11.1 Å². The molecule has 4 aromatic rings. The van der Waals surface area contributed by atoms with Gasteiger partial charge in [-0.1, -0.05) is 30.4 Å². The minimum atomic E-state index is -1.25. The molecule has 0 unspecified atom stereocenters. The molecule has 0 aromatic heterocycles. The van der Waals surface area contributed by atoms with E-state index in [1.807, 2.05) is 71.7 Å². The number of carbonyl (C=O) groups is 1. The van der Waals surface area contributed by atoms with Gasteiger partial charge in [0, 0.05) is 23.1 Å². The third kappa shape index (κ3) is 6.46. The number of rotatable bonds is 9. The number of benzene rings is 4. The summed E-state index contributed by atoms with van der Waals surface area (Å²) in [5, 5.41) is 37.3. The lowest BCUT2D eigenvalue weighted by molar-refractivity contribution is -0.131. The summed E-state index contributed by atoms with van der Waals surface area (Å²) in [5.41, 5.74) is 5.36. The predicted molar refractivity (Wildman–Crippen MR) is 160 cm³/mol. The third-order valence-electron chi connectivity index (χ3n) is 6.29. The lowest BCUT2D eigenvalue weighted by Gasteiger charge is -2.25. The number of hydrogen-bond donors (Lipinski definition) is 1. The summed E-state index contributed by atoms with van der Waals surface area (Å²) in [7, 11) is 2.87. The van der Waals surface area contributed by atoms with Crippen LogP contribution in [0.1, 0.15) is 27.8 Å². The van der Waals surface area contributed by atoms with Gasteiger partial charge in [0.05, 0.1) is 48.6 Å². The maximum atomic E-state index is 11.2. The van der Waals surface area contributed by atoms with E-state index in [1.54, 1.807) is 36.4 Å². The first-order chi connectivity index (χ1) is 20.4. The van der Waals surface area contributed by atoms with Crippen LogP contribution in [0.4, 0.5) is 17.1 Å². The molecule has 0 saturated heterocycles. The van der Waals surface area contributed by atoms with Crippen molar-refractivity contribution in [3.8, 4) is 29.7 Å². The highest BCUT2D eigenvalue weighted by Crippen LogP contribution is 2.37. The van der Waals surface area contributed by atoms with Crippen molar-refractivity contribution in [3.05, 3.63) is 119 Å². The number of methoxy groups -OCH3 is 2. The highest BCUT2D eigenvalue weighted by Gasteiger charge is 2.18. The molecule has 0 amide bonds. The van der Waals surface area contributed by atoms with Crippen molar-refractivity contribution >= 4 is 40.8 Å². The van der Waals surface area contributed by atoms with Crippen LogP contribution in [0.2, 0.25) is 0 Å². The van der Waals surface area contributed by atoms with Crippen molar-refractivity contribution in [2.24, 2.45) is 0 Å². The van der Waals surface area contributed by atoms with Crippen molar-refractivity contribution < 1.29 is 19.4 Å². The second kappa shape index (κ2) is 13.2. The zero-order valence-corrected chi connectivity index (χ0v) is 22.8. The van der Waals surface area contributed by atoms with Gasteiger partial charge in [-0.25, -0.2) is 4.79 Å². The van der Waals surface area contributed by atoms with E-state index in [1.165, 1.54) is 14.2 Å². The summed E-state index contributed by atoms with van der Waals surface area (Å²) in [6, 6.07) is 31.9. The third-order valence-corrected chi connectivity index (χ3v) is 6.29. The molecule has 1 N–H and O–H groups in total. The number of anilines is 3. The van der Waals surface area contributed by atoms with E-state index < -0.39 is 5.97 Å². The van der Waals surface area contributed by atoms with E-state index in [0.29, 0.717) is 22.6 Å². The van der Waals surface area contributed by atoms with Crippen LogP contribution in [-0.2, 0) is 4.79 Å². The SMILES string of the molecule is COc1cc(/C=C/c2ccc(N(c3ccc(C#N)cc3)c3cccc(C#N)c3)cc2)cc(OC)c1/C(C#N)=C/C(=O)O. The molecule has 42 heavy (non-hydrogen) atoms. The Morgan fingerprint density at radius 2 is 1.31 bits per heavy atom. The summed E-state index contributed by atoms with van der Waals surface area (Å²) < 4.78 is 10.9. The molecule has 0 spiro atoms. The largest absolute Gasteiger partial charge is 0.496 e. The van der Waals surface area contributed by atoms with E-state index in [2.05, 4.69) is 12.1 Å². The van der Waals surface area contributed by atoms with Crippen LogP contribution in [0.3, 0.4) is 0 Å². The second-order valence-electron chi connectivity index (χ2n) is 8.89. The molecular formula is C34H24N4O4. The van der Waals surface area contributed by atoms with E-state index in [0.717, 1.165) is 34.3 Å². The molecule has 4 aromatic carbocycles. The summed E-state index contributed by atoms with van der Waals surface area (Å²) in [6.07, 6.45) is 4.57. The molecule has 0 aliphatic rings. The molecule has 0 heterocycles. The number of nitriles is 3. The van der Waals surface area contributed by atoms with Gasteiger partial charge in [0.15, 0.2) is 0 Å². The number of aliphatic carboxylic acids is 1. The fourth-order valence-corrected chi connectivity index (χ4v) is 4.35. The highest BCUT2D eigenvalue weighted by atomic mass is 16.5. The Kier molecular flexibility index (Phi) is 9.00. The summed E-state index contributed by atoms with van der Waals surface area (Å²) >= 11 is 0. The van der Waals surface area contributed by atoms with Crippen LogP contribution in [-0.4, -0.2) is 25.3 Å². The van der Waals surface area contributed by atoms with Gasteiger partial charge in [-0.15, -0.1) is 0 Å². The molecular weight excluding hydrogens is 528 g/mol. The van der Waals surface area contributed by atoms with Gasteiger partial charge in [0.25, 0.3) is 0 Å². The van der Waals surface area contributed by atoms with Crippen LogP contribution >= 0.6 is 0 Å². The van der Waals surface area contributed by atoms with Crippen LogP contribution in [0, 0.1) is 34.0 Å². The average molecular weight is 553 g/mol. The fraction of sp³-hybridized carbons (Fsp3) is 0.0588. The number of allylic oxidation sites excluding steroid dienone is 1. The zero-order valence-electron chi connectivity index (χ0n) is 22.8. The minimum absolute atomic E-state index is 0.0885. The maximum absolute atomic E-state index is 11.2. The van der Waals surface area contributed by atoms with Crippen LogP contribution in [0.5, 0.6) is 11.5 Å². The molecule has 0 aliphatic carbocycles. The van der Waals surface area contributed by atoms with Gasteiger partial charge in [0.2, 0.25) is 0 Å². The zero-order chi connectivity index (χ0) is 30.1. The van der Waals surface area contributed by atoms with Crippen molar-refractivity contribution in [3.63, 3.8) is 0 Å². The number of carboxylic acids is 1. The van der Waals surface area contributed by atoms with E-state index in [9.17, 15) is 20.6 Å². The Balaban J connectivity index is 1.69. The molecule has 4 rings (SSSR count). The first-order valence-corrected chi connectivity index (χ1v) is 12.6. The normalized spacial score (nSPS) is 10.8. The Morgan fingerprint density at radius 1 is 0.738 bits per heavy atom. The Hall–Kier alpha value is -6.30. The number of ether oxygens (including phenoxy) is 2. The van der Waals surface area contributed by atoms with Gasteiger partial charge in [0.1, 0.15) is 17.6 Å². The average Bonchev–Trinajstić information content (AvgIpc) is 3.03. The molecule has 8 nitrogen and oxygen atoms in total. The maximum Gasteiger partial charge on any atom is 0.329 e. The highest BCUT2D eigenvalue weighted by molar-refractivity contribution is 5.97. The molecule has 0 aliphatic heterocycles. The van der Waals surface area contributed by atoms with E-state index >= 15 is 0 Å². The summed E-state index contributed by atoms with van der Waals surface area (Å²) in [6.45, 7) is 0. The molecule has 8 heteroatoms. The molecule has 0 radical (unpaired) electrons. The van der Waals surface area contributed by atoms with Crippen molar-refractivity contribution in [2.75, 3.05) is 19.1 Å². The number of hydrogen-bond acceptors (Lipinski definition) is 7. The standard InChI is InChI=1S/C34H24N4O4/c1-41-31-17-25(18-32(42-2)34(31)27(22-37)19-33(39)40)7-6-23-8-12-28(13-9-23)38(29-14-10-24(20-35)11-15-29)30-5-3-4-26(16-30)21-36/h3-19H,1-2H3,(H,39,40)/b7-6+,27-19+. The molecule has 0 bridgehead atoms. The Morgan fingerprint density at radius 3 is 1.83 bits per heavy atom. The summed E-state index contributed by atoms with van der Waals surface area (Å²) in [4.78, 5) is 13.2.